The van der Waals surface area contributed by atoms with Crippen LogP contribution in [0.5, 0.6) is 0 Å². The zero-order valence-electron chi connectivity index (χ0n) is 11.4. The zero-order chi connectivity index (χ0) is 13.8. The third kappa shape index (κ3) is 3.92. The Morgan fingerprint density at radius 1 is 1.47 bits per heavy atom. The molecule has 0 aliphatic heterocycles. The summed E-state index contributed by atoms with van der Waals surface area (Å²) in [6, 6.07) is 5.00. The van der Waals surface area contributed by atoms with E-state index in [0.29, 0.717) is 19.1 Å². The van der Waals surface area contributed by atoms with Crippen LogP contribution in [-0.2, 0) is 11.3 Å². The van der Waals surface area contributed by atoms with Gasteiger partial charge in [-0.05, 0) is 43.7 Å². The SMILES string of the molecule is CNCc1cc(F)ccc1N(C)CC(=O)NC1CC1. The fourth-order valence-corrected chi connectivity index (χ4v) is 2.06. The normalized spacial score (nSPS) is 14.3. The molecule has 0 aromatic heterocycles. The standard InChI is InChI=1S/C14H20FN3O/c1-16-8-10-7-11(15)3-6-13(10)18(2)9-14(19)17-12-4-5-12/h3,6-7,12,16H,4-5,8-9H2,1-2H3,(H,17,19). The molecular formula is C14H20FN3O. The fraction of sp³-hybridized carbons (Fsp3) is 0.500. The highest BCUT2D eigenvalue weighted by atomic mass is 19.1. The molecule has 0 atom stereocenters. The maximum Gasteiger partial charge on any atom is 0.239 e. The smallest absolute Gasteiger partial charge is 0.239 e. The topological polar surface area (TPSA) is 44.4 Å². The summed E-state index contributed by atoms with van der Waals surface area (Å²) in [5.74, 6) is -0.241. The highest BCUT2D eigenvalue weighted by molar-refractivity contribution is 5.82. The van der Waals surface area contributed by atoms with Crippen LogP contribution in [0.2, 0.25) is 0 Å². The predicted octanol–water partition coefficient (Wildman–Crippen LogP) is 1.26. The lowest BCUT2D eigenvalue weighted by Crippen LogP contribution is -2.36. The van der Waals surface area contributed by atoms with Crippen molar-refractivity contribution in [2.75, 3.05) is 25.5 Å². The van der Waals surface area contributed by atoms with Crippen molar-refractivity contribution in [2.45, 2.75) is 25.4 Å². The summed E-state index contributed by atoms with van der Waals surface area (Å²) in [5, 5.41) is 5.96. The maximum absolute atomic E-state index is 13.3. The molecule has 1 aromatic rings. The van der Waals surface area contributed by atoms with Gasteiger partial charge < -0.3 is 15.5 Å². The molecule has 1 saturated carbocycles. The van der Waals surface area contributed by atoms with Gasteiger partial charge >= 0.3 is 0 Å². The molecule has 1 fully saturated rings. The van der Waals surface area contributed by atoms with Crippen LogP contribution in [0.25, 0.3) is 0 Å². The molecule has 1 aliphatic carbocycles. The minimum atomic E-state index is -0.259. The molecule has 0 bridgehead atoms. The Kier molecular flexibility index (Phi) is 4.37. The summed E-state index contributed by atoms with van der Waals surface area (Å²) >= 11 is 0. The van der Waals surface area contributed by atoms with E-state index in [0.717, 1.165) is 24.1 Å². The van der Waals surface area contributed by atoms with E-state index in [1.54, 1.807) is 6.07 Å². The Labute approximate surface area is 113 Å². The van der Waals surface area contributed by atoms with Gasteiger partial charge in [0, 0.05) is 25.3 Å². The van der Waals surface area contributed by atoms with E-state index in [-0.39, 0.29) is 11.7 Å². The number of hydrogen-bond donors (Lipinski definition) is 2. The molecule has 104 valence electrons. The van der Waals surface area contributed by atoms with Crippen LogP contribution >= 0.6 is 0 Å². The van der Waals surface area contributed by atoms with Crippen molar-refractivity contribution in [3.8, 4) is 0 Å². The van der Waals surface area contributed by atoms with Gasteiger partial charge in [0.2, 0.25) is 5.91 Å². The van der Waals surface area contributed by atoms with Gasteiger partial charge in [-0.2, -0.15) is 0 Å². The number of nitrogens with zero attached hydrogens (tertiary/aromatic N) is 1. The molecule has 0 unspecified atom stereocenters. The fourth-order valence-electron chi connectivity index (χ4n) is 2.06. The lowest BCUT2D eigenvalue weighted by Gasteiger charge is -2.22. The molecule has 0 heterocycles. The molecule has 0 saturated heterocycles. The summed E-state index contributed by atoms with van der Waals surface area (Å²) in [5.41, 5.74) is 1.73. The van der Waals surface area contributed by atoms with E-state index in [1.807, 2.05) is 19.0 Å². The molecule has 0 radical (unpaired) electrons. The van der Waals surface area contributed by atoms with Gasteiger partial charge in [0.1, 0.15) is 5.82 Å². The van der Waals surface area contributed by atoms with E-state index in [2.05, 4.69) is 10.6 Å². The highest BCUT2D eigenvalue weighted by Gasteiger charge is 2.23. The second-order valence-electron chi connectivity index (χ2n) is 5.00. The monoisotopic (exact) mass is 265 g/mol. The highest BCUT2D eigenvalue weighted by Crippen LogP contribution is 2.21. The van der Waals surface area contributed by atoms with Crippen molar-refractivity contribution in [1.29, 1.82) is 0 Å². The number of likely N-dealkylation sites (N-methyl/N-ethyl adjacent to an activating group) is 1. The largest absolute Gasteiger partial charge is 0.365 e. The van der Waals surface area contributed by atoms with Gasteiger partial charge in [0.15, 0.2) is 0 Å². The van der Waals surface area contributed by atoms with Crippen molar-refractivity contribution < 1.29 is 9.18 Å². The third-order valence-corrected chi connectivity index (χ3v) is 3.14. The van der Waals surface area contributed by atoms with E-state index in [4.69, 9.17) is 0 Å². The average molecular weight is 265 g/mol. The van der Waals surface area contributed by atoms with Gasteiger partial charge in [-0.15, -0.1) is 0 Å². The first-order valence-corrected chi connectivity index (χ1v) is 6.53. The first-order chi connectivity index (χ1) is 9.10. The van der Waals surface area contributed by atoms with Gasteiger partial charge in [-0.25, -0.2) is 4.39 Å². The summed E-state index contributed by atoms with van der Waals surface area (Å²) in [7, 11) is 3.66. The first-order valence-electron chi connectivity index (χ1n) is 6.53. The minimum absolute atomic E-state index is 0.0183. The Hall–Kier alpha value is -1.62. The Balaban J connectivity index is 2.03. The van der Waals surface area contributed by atoms with Crippen molar-refractivity contribution in [3.63, 3.8) is 0 Å². The number of amides is 1. The summed E-state index contributed by atoms with van der Waals surface area (Å²) in [6.07, 6.45) is 2.16. The van der Waals surface area contributed by atoms with Crippen molar-refractivity contribution in [3.05, 3.63) is 29.6 Å². The van der Waals surface area contributed by atoms with Crippen LogP contribution < -0.4 is 15.5 Å². The Bertz CT molecular complexity index is 460. The van der Waals surface area contributed by atoms with Crippen LogP contribution in [-0.4, -0.2) is 32.6 Å². The second-order valence-corrected chi connectivity index (χ2v) is 5.00. The number of nitrogens with one attached hydrogen (secondary N) is 2. The molecule has 2 N–H and O–H groups in total. The van der Waals surface area contributed by atoms with Crippen molar-refractivity contribution in [1.82, 2.24) is 10.6 Å². The second kappa shape index (κ2) is 6.02. The van der Waals surface area contributed by atoms with Crippen LogP contribution in [0.4, 0.5) is 10.1 Å². The quantitative estimate of drug-likeness (QED) is 0.814. The first kappa shape index (κ1) is 13.8. The van der Waals surface area contributed by atoms with Gasteiger partial charge in [-0.1, -0.05) is 0 Å². The molecule has 5 heteroatoms. The average Bonchev–Trinajstić information content (AvgIpc) is 3.13. The number of benzene rings is 1. The van der Waals surface area contributed by atoms with Gasteiger partial charge in [0.05, 0.1) is 6.54 Å². The minimum Gasteiger partial charge on any atom is -0.365 e. The third-order valence-electron chi connectivity index (χ3n) is 3.14. The Morgan fingerprint density at radius 3 is 2.84 bits per heavy atom. The lowest BCUT2D eigenvalue weighted by atomic mass is 10.1. The molecule has 2 rings (SSSR count). The number of hydrogen-bond acceptors (Lipinski definition) is 3. The number of anilines is 1. The number of carbonyl (C=O) groups excluding carboxylic acids is 1. The molecule has 19 heavy (non-hydrogen) atoms. The lowest BCUT2D eigenvalue weighted by molar-refractivity contribution is -0.119. The van der Waals surface area contributed by atoms with Crippen LogP contribution in [0.1, 0.15) is 18.4 Å². The zero-order valence-corrected chi connectivity index (χ0v) is 11.4. The van der Waals surface area contributed by atoms with Crippen molar-refractivity contribution >= 4 is 11.6 Å². The van der Waals surface area contributed by atoms with Crippen LogP contribution in [0.15, 0.2) is 18.2 Å². The molecule has 1 amide bonds. The summed E-state index contributed by atoms with van der Waals surface area (Å²) in [4.78, 5) is 13.6. The summed E-state index contributed by atoms with van der Waals surface area (Å²) in [6.45, 7) is 0.862. The predicted molar refractivity (Wildman–Crippen MR) is 73.6 cm³/mol. The van der Waals surface area contributed by atoms with E-state index in [9.17, 15) is 9.18 Å². The summed E-state index contributed by atoms with van der Waals surface area (Å²) < 4.78 is 13.3. The number of halogens is 1. The van der Waals surface area contributed by atoms with Gasteiger partial charge in [0.25, 0.3) is 0 Å². The number of carbonyl (C=O) groups is 1. The molecular weight excluding hydrogens is 245 g/mol. The van der Waals surface area contributed by atoms with Crippen LogP contribution in [0.3, 0.4) is 0 Å². The molecule has 1 aliphatic rings. The van der Waals surface area contributed by atoms with E-state index >= 15 is 0 Å². The van der Waals surface area contributed by atoms with E-state index in [1.165, 1.54) is 12.1 Å². The molecule has 0 spiro atoms. The number of rotatable bonds is 6. The molecule has 1 aromatic carbocycles. The van der Waals surface area contributed by atoms with E-state index < -0.39 is 0 Å². The maximum atomic E-state index is 13.3. The van der Waals surface area contributed by atoms with Crippen LogP contribution in [0, 0.1) is 5.82 Å². The van der Waals surface area contributed by atoms with Gasteiger partial charge in [-0.3, -0.25) is 4.79 Å². The Morgan fingerprint density at radius 2 is 2.21 bits per heavy atom. The van der Waals surface area contributed by atoms with Crippen molar-refractivity contribution in [2.24, 2.45) is 0 Å². The molecule has 4 nitrogen and oxygen atoms in total.